The largest absolute Gasteiger partial charge is 0.393 e. The number of amides is 1. The molecular weight excluding hydrogens is 304 g/mol. The molecule has 6 heteroatoms. The Bertz CT molecular complexity index is 595. The standard InChI is InChI=1S/C15H18N2O2S2/c18-13-3-1-2-10(13)7-16-14(19)6-12-9-21-15(17-12)11-4-5-20-8-11/h4-5,8-10,13,18H,1-3,6-7H2,(H,16,19). The Morgan fingerprint density at radius 2 is 2.33 bits per heavy atom. The lowest BCUT2D eigenvalue weighted by Gasteiger charge is -2.14. The van der Waals surface area contributed by atoms with Crippen molar-refractivity contribution in [2.45, 2.75) is 31.8 Å². The zero-order chi connectivity index (χ0) is 14.7. The molecule has 0 saturated heterocycles. The van der Waals surface area contributed by atoms with Crippen LogP contribution in [0.1, 0.15) is 25.0 Å². The fourth-order valence-corrected chi connectivity index (χ4v) is 4.17. The monoisotopic (exact) mass is 322 g/mol. The molecule has 1 fully saturated rings. The van der Waals surface area contributed by atoms with Gasteiger partial charge in [-0.2, -0.15) is 11.3 Å². The highest BCUT2D eigenvalue weighted by Gasteiger charge is 2.25. The molecule has 0 bridgehead atoms. The molecule has 2 heterocycles. The number of aliphatic hydroxyl groups is 1. The molecule has 1 amide bonds. The minimum atomic E-state index is -0.255. The van der Waals surface area contributed by atoms with Crippen LogP contribution in [0.15, 0.2) is 22.2 Å². The molecule has 2 aromatic heterocycles. The van der Waals surface area contributed by atoms with Crippen LogP contribution in [0, 0.1) is 5.92 Å². The Kier molecular flexibility index (Phi) is 4.67. The van der Waals surface area contributed by atoms with Gasteiger partial charge in [0.25, 0.3) is 0 Å². The summed E-state index contributed by atoms with van der Waals surface area (Å²) in [5.41, 5.74) is 1.93. The van der Waals surface area contributed by atoms with Gasteiger partial charge in [0, 0.05) is 28.8 Å². The maximum Gasteiger partial charge on any atom is 0.226 e. The van der Waals surface area contributed by atoms with E-state index in [1.165, 1.54) is 0 Å². The van der Waals surface area contributed by atoms with E-state index in [4.69, 9.17) is 0 Å². The topological polar surface area (TPSA) is 62.2 Å². The molecule has 0 spiro atoms. The summed E-state index contributed by atoms with van der Waals surface area (Å²) in [4.78, 5) is 16.4. The van der Waals surface area contributed by atoms with Crippen LogP contribution in [-0.4, -0.2) is 28.6 Å². The molecular formula is C15H18N2O2S2. The van der Waals surface area contributed by atoms with Crippen molar-refractivity contribution < 1.29 is 9.90 Å². The average Bonchev–Trinajstić information content (AvgIpc) is 3.17. The van der Waals surface area contributed by atoms with Gasteiger partial charge < -0.3 is 10.4 Å². The molecule has 3 rings (SSSR count). The molecule has 112 valence electrons. The van der Waals surface area contributed by atoms with Gasteiger partial charge in [-0.1, -0.05) is 6.42 Å². The van der Waals surface area contributed by atoms with Crippen molar-refractivity contribution >= 4 is 28.6 Å². The van der Waals surface area contributed by atoms with E-state index in [1.807, 2.05) is 16.8 Å². The first kappa shape index (κ1) is 14.7. The first-order valence-corrected chi connectivity index (χ1v) is 8.96. The van der Waals surface area contributed by atoms with E-state index in [1.54, 1.807) is 22.7 Å². The first-order valence-electron chi connectivity index (χ1n) is 7.14. The normalized spacial score (nSPS) is 21.6. The second-order valence-corrected chi connectivity index (χ2v) is 7.03. The Morgan fingerprint density at radius 3 is 3.05 bits per heavy atom. The van der Waals surface area contributed by atoms with Crippen LogP contribution < -0.4 is 5.32 Å². The number of nitrogens with one attached hydrogen (secondary N) is 1. The third kappa shape index (κ3) is 3.70. The molecule has 1 aliphatic carbocycles. The highest BCUT2D eigenvalue weighted by Crippen LogP contribution is 2.26. The van der Waals surface area contributed by atoms with Crippen LogP contribution in [-0.2, 0) is 11.2 Å². The molecule has 0 aliphatic heterocycles. The number of hydrogen-bond acceptors (Lipinski definition) is 5. The molecule has 2 N–H and O–H groups in total. The van der Waals surface area contributed by atoms with Crippen molar-refractivity contribution in [1.29, 1.82) is 0 Å². The van der Waals surface area contributed by atoms with Gasteiger partial charge in [-0.3, -0.25) is 4.79 Å². The van der Waals surface area contributed by atoms with Gasteiger partial charge in [0.2, 0.25) is 5.91 Å². The van der Waals surface area contributed by atoms with E-state index in [-0.39, 0.29) is 17.9 Å². The average molecular weight is 322 g/mol. The molecule has 2 aromatic rings. The summed E-state index contributed by atoms with van der Waals surface area (Å²) < 4.78 is 0. The number of nitrogens with zero attached hydrogens (tertiary/aromatic N) is 1. The lowest BCUT2D eigenvalue weighted by atomic mass is 10.1. The molecule has 1 saturated carbocycles. The number of thiazole rings is 1. The van der Waals surface area contributed by atoms with Gasteiger partial charge in [0.05, 0.1) is 18.2 Å². The summed E-state index contributed by atoms with van der Waals surface area (Å²) in [6, 6.07) is 2.04. The summed E-state index contributed by atoms with van der Waals surface area (Å²) in [6.07, 6.45) is 2.97. The maximum absolute atomic E-state index is 11.9. The smallest absolute Gasteiger partial charge is 0.226 e. The van der Waals surface area contributed by atoms with Gasteiger partial charge in [-0.15, -0.1) is 11.3 Å². The highest BCUT2D eigenvalue weighted by atomic mass is 32.1. The van der Waals surface area contributed by atoms with Crippen LogP contribution in [0.2, 0.25) is 0 Å². The van der Waals surface area contributed by atoms with Crippen molar-refractivity contribution in [2.24, 2.45) is 5.92 Å². The number of aliphatic hydroxyl groups excluding tert-OH is 1. The third-order valence-corrected chi connectivity index (χ3v) is 5.47. The Hall–Kier alpha value is -1.24. The highest BCUT2D eigenvalue weighted by molar-refractivity contribution is 7.14. The third-order valence-electron chi connectivity index (χ3n) is 3.84. The van der Waals surface area contributed by atoms with Crippen molar-refractivity contribution in [2.75, 3.05) is 6.54 Å². The van der Waals surface area contributed by atoms with Crippen LogP contribution >= 0.6 is 22.7 Å². The minimum absolute atomic E-state index is 0.0173. The number of carbonyl (C=O) groups excluding carboxylic acids is 1. The molecule has 0 radical (unpaired) electrons. The number of thiophene rings is 1. The van der Waals surface area contributed by atoms with Crippen molar-refractivity contribution in [3.8, 4) is 10.6 Å². The van der Waals surface area contributed by atoms with Crippen LogP contribution in [0.25, 0.3) is 10.6 Å². The predicted octanol–water partition coefficient (Wildman–Crippen LogP) is 2.69. The van der Waals surface area contributed by atoms with E-state index >= 15 is 0 Å². The summed E-state index contributed by atoms with van der Waals surface area (Å²) >= 11 is 3.21. The Labute approximate surface area is 131 Å². The Morgan fingerprint density at radius 1 is 1.43 bits per heavy atom. The predicted molar refractivity (Wildman–Crippen MR) is 85.5 cm³/mol. The molecule has 1 aliphatic rings. The summed E-state index contributed by atoms with van der Waals surface area (Å²) in [5, 5.41) is 19.6. The van der Waals surface area contributed by atoms with E-state index in [0.29, 0.717) is 13.0 Å². The van der Waals surface area contributed by atoms with E-state index in [9.17, 15) is 9.90 Å². The lowest BCUT2D eigenvalue weighted by Crippen LogP contribution is -2.33. The van der Waals surface area contributed by atoms with Gasteiger partial charge >= 0.3 is 0 Å². The van der Waals surface area contributed by atoms with Gasteiger partial charge in [0.15, 0.2) is 0 Å². The van der Waals surface area contributed by atoms with Gasteiger partial charge in [0.1, 0.15) is 5.01 Å². The molecule has 2 atom stereocenters. The molecule has 4 nitrogen and oxygen atoms in total. The second-order valence-electron chi connectivity index (χ2n) is 5.40. The van der Waals surface area contributed by atoms with Gasteiger partial charge in [-0.05, 0) is 24.3 Å². The number of carbonyl (C=O) groups is 1. The minimum Gasteiger partial charge on any atom is -0.393 e. The van der Waals surface area contributed by atoms with Crippen LogP contribution in [0.4, 0.5) is 0 Å². The lowest BCUT2D eigenvalue weighted by molar-refractivity contribution is -0.120. The maximum atomic E-state index is 11.9. The van der Waals surface area contributed by atoms with E-state index in [2.05, 4.69) is 15.7 Å². The van der Waals surface area contributed by atoms with Gasteiger partial charge in [-0.25, -0.2) is 4.98 Å². The number of rotatable bonds is 5. The Balaban J connectivity index is 1.51. The number of aromatic nitrogens is 1. The fourth-order valence-electron chi connectivity index (χ4n) is 2.63. The number of hydrogen-bond donors (Lipinski definition) is 2. The summed E-state index contributed by atoms with van der Waals surface area (Å²) in [5.74, 6) is 0.196. The second kappa shape index (κ2) is 6.68. The summed E-state index contributed by atoms with van der Waals surface area (Å²) in [7, 11) is 0. The molecule has 0 aromatic carbocycles. The van der Waals surface area contributed by atoms with Crippen molar-refractivity contribution in [3.05, 3.63) is 27.9 Å². The van der Waals surface area contributed by atoms with Crippen molar-refractivity contribution in [3.63, 3.8) is 0 Å². The fraction of sp³-hybridized carbons (Fsp3) is 0.467. The molecule has 2 unspecified atom stereocenters. The van der Waals surface area contributed by atoms with E-state index in [0.717, 1.165) is 35.5 Å². The quantitative estimate of drug-likeness (QED) is 0.889. The summed E-state index contributed by atoms with van der Waals surface area (Å²) in [6.45, 7) is 0.571. The van der Waals surface area contributed by atoms with Crippen LogP contribution in [0.3, 0.4) is 0 Å². The van der Waals surface area contributed by atoms with Crippen molar-refractivity contribution in [1.82, 2.24) is 10.3 Å². The first-order chi connectivity index (χ1) is 10.2. The van der Waals surface area contributed by atoms with E-state index < -0.39 is 0 Å². The molecule has 21 heavy (non-hydrogen) atoms. The SMILES string of the molecule is O=C(Cc1csc(-c2ccsc2)n1)NCC1CCCC1O. The van der Waals surface area contributed by atoms with Crippen LogP contribution in [0.5, 0.6) is 0 Å². The zero-order valence-corrected chi connectivity index (χ0v) is 13.3. The zero-order valence-electron chi connectivity index (χ0n) is 11.6.